The molecule has 0 bridgehead atoms. The van der Waals surface area contributed by atoms with Gasteiger partial charge in [0.25, 0.3) is 0 Å². The third kappa shape index (κ3) is 4.27. The Morgan fingerprint density at radius 1 is 0.443 bits per heavy atom. The first-order valence-corrected chi connectivity index (χ1v) is 23.1. The van der Waals surface area contributed by atoms with Gasteiger partial charge < -0.3 is 18.3 Å². The minimum atomic E-state index is -3.39. The summed E-state index contributed by atoms with van der Waals surface area (Å²) in [5.74, 6) is 1.55. The number of fused-ring (bicyclic) bond motifs is 17. The summed E-state index contributed by atoms with van der Waals surface area (Å²) in [4.78, 5) is 0. The SMILES string of the molecule is O=P1(c2ccccc2)c2ccccc2C2(c3ccccc3Oc3cc(-n4c5ccccc5c5cc6c(cc54)oc4ccccc46)ccc32)c2cc3c(cc21)sc1ccccc13. The Kier molecular flexibility index (Phi) is 6.61. The van der Waals surface area contributed by atoms with Crippen LogP contribution in [-0.4, -0.2) is 4.57 Å². The average Bonchev–Trinajstić information content (AvgIpc) is 3.98. The van der Waals surface area contributed by atoms with E-state index in [1.54, 1.807) is 11.3 Å². The largest absolute Gasteiger partial charge is 0.457 e. The summed E-state index contributed by atoms with van der Waals surface area (Å²) in [6, 6.07) is 68.2. The topological polar surface area (TPSA) is 44.4 Å². The smallest absolute Gasteiger partial charge is 0.171 e. The van der Waals surface area contributed by atoms with Crippen molar-refractivity contribution in [3.05, 3.63) is 216 Å². The van der Waals surface area contributed by atoms with E-state index >= 15 is 4.57 Å². The molecule has 9 aromatic carbocycles. The number of hydrogen-bond donors (Lipinski definition) is 0. The highest BCUT2D eigenvalue weighted by atomic mass is 32.1. The predicted molar refractivity (Wildman–Crippen MR) is 252 cm³/mol. The van der Waals surface area contributed by atoms with Crippen LogP contribution in [0.3, 0.4) is 0 Å². The highest BCUT2D eigenvalue weighted by Crippen LogP contribution is 2.62. The molecule has 3 aromatic heterocycles. The lowest BCUT2D eigenvalue weighted by molar-refractivity contribution is 0.435. The zero-order valence-electron chi connectivity index (χ0n) is 32.5. The van der Waals surface area contributed by atoms with E-state index < -0.39 is 12.6 Å². The van der Waals surface area contributed by atoms with E-state index in [4.69, 9.17) is 9.15 Å². The molecule has 2 aliphatic heterocycles. The van der Waals surface area contributed by atoms with Crippen LogP contribution in [0, 0.1) is 0 Å². The number of ether oxygens (including phenoxy) is 1. The number of rotatable bonds is 2. The van der Waals surface area contributed by atoms with Crippen molar-refractivity contribution in [2.75, 3.05) is 0 Å². The minimum absolute atomic E-state index is 0.763. The number of nitrogens with zero attached hydrogens (tertiary/aromatic N) is 1. The van der Waals surface area contributed by atoms with Gasteiger partial charge in [0.1, 0.15) is 22.7 Å². The monoisotopic (exact) mass is 817 g/mol. The number of benzene rings is 9. The van der Waals surface area contributed by atoms with Gasteiger partial charge in [0.2, 0.25) is 0 Å². The van der Waals surface area contributed by atoms with Crippen LogP contribution in [0.1, 0.15) is 22.3 Å². The molecule has 0 N–H and O–H groups in total. The Bertz CT molecular complexity index is 3910. The van der Waals surface area contributed by atoms with Gasteiger partial charge in [0, 0.05) is 86.6 Å². The Balaban J connectivity index is 1.10. The van der Waals surface area contributed by atoms with Crippen LogP contribution in [0.25, 0.3) is 69.6 Å². The average molecular weight is 818 g/mol. The normalized spacial score (nSPS) is 17.8. The predicted octanol–water partition coefficient (Wildman–Crippen LogP) is 13.5. The molecule has 0 radical (unpaired) electrons. The maximum atomic E-state index is 16.6. The van der Waals surface area contributed by atoms with Crippen molar-refractivity contribution in [1.82, 2.24) is 4.57 Å². The highest BCUT2D eigenvalue weighted by Gasteiger charge is 2.55. The van der Waals surface area contributed by atoms with Crippen molar-refractivity contribution in [1.29, 1.82) is 0 Å². The summed E-state index contributed by atoms with van der Waals surface area (Å²) in [5.41, 5.74) is 8.12. The van der Waals surface area contributed by atoms with Crippen LogP contribution in [0.4, 0.5) is 0 Å². The molecule has 2 unspecified atom stereocenters. The van der Waals surface area contributed by atoms with Gasteiger partial charge in [0.15, 0.2) is 7.14 Å². The van der Waals surface area contributed by atoms with Crippen molar-refractivity contribution in [2.45, 2.75) is 5.41 Å². The molecule has 5 heterocycles. The first-order chi connectivity index (χ1) is 30.1. The Morgan fingerprint density at radius 2 is 1.16 bits per heavy atom. The van der Waals surface area contributed by atoms with Gasteiger partial charge in [0.05, 0.1) is 16.4 Å². The third-order valence-corrected chi connectivity index (χ3v) is 17.6. The molecule has 6 heteroatoms. The van der Waals surface area contributed by atoms with Crippen LogP contribution in [0.15, 0.2) is 199 Å². The zero-order chi connectivity index (χ0) is 40.0. The second-order valence-electron chi connectivity index (χ2n) is 16.3. The summed E-state index contributed by atoms with van der Waals surface area (Å²) >= 11 is 1.77. The highest BCUT2D eigenvalue weighted by molar-refractivity contribution is 7.85. The quantitative estimate of drug-likeness (QED) is 0.163. The second kappa shape index (κ2) is 12.0. The molecular weight excluding hydrogens is 786 g/mol. The molecule has 0 saturated carbocycles. The molecule has 286 valence electrons. The summed E-state index contributed by atoms with van der Waals surface area (Å²) < 4.78 is 34.8. The van der Waals surface area contributed by atoms with Crippen LogP contribution in [-0.2, 0) is 9.98 Å². The van der Waals surface area contributed by atoms with Crippen LogP contribution in [0.5, 0.6) is 11.5 Å². The maximum absolute atomic E-state index is 16.6. The molecule has 0 aliphatic carbocycles. The fraction of sp³-hybridized carbons (Fsp3) is 0.0182. The minimum Gasteiger partial charge on any atom is -0.457 e. The van der Waals surface area contributed by atoms with Crippen LogP contribution in [0.2, 0.25) is 0 Å². The fourth-order valence-electron chi connectivity index (χ4n) is 10.8. The van der Waals surface area contributed by atoms with E-state index in [0.29, 0.717) is 0 Å². The van der Waals surface area contributed by atoms with Crippen LogP contribution >= 0.6 is 18.5 Å². The molecule has 0 amide bonds. The standard InChI is InChI=1S/C55H32NO3PS/c57-60(34-14-2-1-3-15-34)51-24-12-8-20-43(51)55(44-30-40-37-18-6-13-25-53(37)61-54(40)32-52(44)60)41-19-7-11-23-48(41)59-50-28-33(26-27-42(50)55)56-45-21-9-4-16-35(45)38-29-39-36-17-5-10-22-47(36)58-49(39)31-46(38)56/h1-32H. The summed E-state index contributed by atoms with van der Waals surface area (Å²) in [6.45, 7) is 0. The first-order valence-electron chi connectivity index (χ1n) is 20.6. The van der Waals surface area contributed by atoms with Gasteiger partial charge in [-0.25, -0.2) is 0 Å². The van der Waals surface area contributed by atoms with Crippen molar-refractivity contribution in [3.8, 4) is 17.2 Å². The van der Waals surface area contributed by atoms with Crippen molar-refractivity contribution < 1.29 is 13.7 Å². The maximum Gasteiger partial charge on any atom is 0.171 e. The summed E-state index contributed by atoms with van der Waals surface area (Å²) in [6.07, 6.45) is 0. The Hall–Kier alpha value is -7.17. The zero-order valence-corrected chi connectivity index (χ0v) is 34.2. The van der Waals surface area contributed by atoms with E-state index in [1.165, 1.54) is 20.9 Å². The summed E-state index contributed by atoms with van der Waals surface area (Å²) in [7, 11) is -3.39. The third-order valence-electron chi connectivity index (χ3n) is 13.3. The van der Waals surface area contributed by atoms with Crippen molar-refractivity contribution in [2.24, 2.45) is 0 Å². The first kappa shape index (κ1) is 33.6. The van der Waals surface area contributed by atoms with Gasteiger partial charge >= 0.3 is 0 Å². The number of hydrogen-bond acceptors (Lipinski definition) is 4. The molecule has 4 nitrogen and oxygen atoms in total. The van der Waals surface area contributed by atoms with E-state index in [1.807, 2.05) is 54.6 Å². The van der Waals surface area contributed by atoms with E-state index in [0.717, 1.165) is 98.4 Å². The van der Waals surface area contributed by atoms with Crippen molar-refractivity contribution >= 4 is 98.3 Å². The Labute approximate surface area is 353 Å². The van der Waals surface area contributed by atoms with Crippen LogP contribution < -0.4 is 20.7 Å². The lowest BCUT2D eigenvalue weighted by Gasteiger charge is -2.47. The van der Waals surface area contributed by atoms with E-state index in [2.05, 4.69) is 144 Å². The summed E-state index contributed by atoms with van der Waals surface area (Å²) in [5, 5.41) is 9.49. The Morgan fingerprint density at radius 3 is 2.07 bits per heavy atom. The van der Waals surface area contributed by atoms with Gasteiger partial charge in [-0.1, -0.05) is 133 Å². The molecule has 0 fully saturated rings. The fourth-order valence-corrected chi connectivity index (χ4v) is 15.2. The van der Waals surface area contributed by atoms with Gasteiger partial charge in [-0.3, -0.25) is 0 Å². The molecule has 0 saturated heterocycles. The van der Waals surface area contributed by atoms with Gasteiger partial charge in [-0.15, -0.1) is 11.3 Å². The molecule has 1 spiro atoms. The van der Waals surface area contributed by atoms with E-state index in [-0.39, 0.29) is 0 Å². The lowest BCUT2D eigenvalue weighted by atomic mass is 9.63. The number of aromatic nitrogens is 1. The second-order valence-corrected chi connectivity index (χ2v) is 20.1. The molecule has 61 heavy (non-hydrogen) atoms. The van der Waals surface area contributed by atoms with Crippen molar-refractivity contribution in [3.63, 3.8) is 0 Å². The molecule has 2 atom stereocenters. The number of para-hydroxylation sites is 3. The molecule has 12 aromatic rings. The molecule has 14 rings (SSSR count). The number of furan rings is 1. The van der Waals surface area contributed by atoms with Gasteiger partial charge in [-0.2, -0.15) is 0 Å². The van der Waals surface area contributed by atoms with E-state index in [9.17, 15) is 0 Å². The molecular formula is C55H32NO3PS. The lowest BCUT2D eigenvalue weighted by Crippen LogP contribution is -2.47. The number of thiophene rings is 1. The molecule has 2 aliphatic rings. The van der Waals surface area contributed by atoms with Gasteiger partial charge in [-0.05, 0) is 59.7 Å².